The number of aliphatic carboxylic acids is 1. The highest BCUT2D eigenvalue weighted by molar-refractivity contribution is 5.76. The van der Waals surface area contributed by atoms with Crippen molar-refractivity contribution in [2.75, 3.05) is 13.1 Å². The molecule has 0 amide bonds. The van der Waals surface area contributed by atoms with Gasteiger partial charge in [-0.1, -0.05) is 18.2 Å². The zero-order chi connectivity index (χ0) is 19.7. The number of aromatic nitrogens is 4. The van der Waals surface area contributed by atoms with E-state index in [1.54, 1.807) is 10.9 Å². The lowest BCUT2D eigenvalue weighted by atomic mass is 9.87. The maximum atomic E-state index is 12.1. The lowest BCUT2D eigenvalue weighted by Crippen LogP contribution is -2.51. The van der Waals surface area contributed by atoms with Gasteiger partial charge >= 0.3 is 5.97 Å². The van der Waals surface area contributed by atoms with Gasteiger partial charge in [0, 0.05) is 37.6 Å². The monoisotopic (exact) mass is 379 g/mol. The highest BCUT2D eigenvalue weighted by atomic mass is 16.4. The predicted molar refractivity (Wildman–Crippen MR) is 105 cm³/mol. The Balaban J connectivity index is 1.47. The number of carboxylic acids is 1. The van der Waals surface area contributed by atoms with E-state index < -0.39 is 11.5 Å². The topological polar surface area (TPSA) is 76.2 Å². The van der Waals surface area contributed by atoms with Gasteiger partial charge in [0.1, 0.15) is 0 Å². The number of hydrogen-bond acceptors (Lipinski definition) is 4. The van der Waals surface area contributed by atoms with Crippen LogP contribution in [-0.2, 0) is 16.9 Å². The summed E-state index contributed by atoms with van der Waals surface area (Å²) in [5, 5.41) is 18.8. The molecule has 7 nitrogen and oxygen atoms in total. The highest BCUT2D eigenvalue weighted by Gasteiger charge is 2.44. The van der Waals surface area contributed by atoms with E-state index in [2.05, 4.69) is 21.3 Å². The van der Waals surface area contributed by atoms with Crippen molar-refractivity contribution in [1.29, 1.82) is 0 Å². The lowest BCUT2D eigenvalue weighted by molar-refractivity contribution is -0.151. The van der Waals surface area contributed by atoms with Crippen LogP contribution in [0.2, 0.25) is 0 Å². The van der Waals surface area contributed by atoms with Crippen molar-refractivity contribution in [2.45, 2.75) is 38.8 Å². The Morgan fingerprint density at radius 2 is 1.86 bits per heavy atom. The Morgan fingerprint density at radius 1 is 1.14 bits per heavy atom. The van der Waals surface area contributed by atoms with Crippen LogP contribution in [0.5, 0.6) is 0 Å². The van der Waals surface area contributed by atoms with E-state index in [9.17, 15) is 9.90 Å². The Morgan fingerprint density at radius 3 is 2.46 bits per heavy atom. The number of rotatable bonds is 5. The molecule has 0 saturated carbocycles. The quantitative estimate of drug-likeness (QED) is 0.738. The van der Waals surface area contributed by atoms with Gasteiger partial charge in [-0.15, -0.1) is 0 Å². The third-order valence-electron chi connectivity index (χ3n) is 5.65. The number of nitrogens with zero attached hydrogens (tertiary/aromatic N) is 5. The van der Waals surface area contributed by atoms with Gasteiger partial charge in [-0.3, -0.25) is 9.58 Å². The second kappa shape index (κ2) is 7.24. The van der Waals surface area contributed by atoms with Crippen LogP contribution in [0.25, 0.3) is 5.69 Å². The number of hydrogen-bond donors (Lipinski definition) is 1. The Labute approximate surface area is 164 Å². The van der Waals surface area contributed by atoms with Gasteiger partial charge < -0.3 is 5.11 Å². The van der Waals surface area contributed by atoms with Crippen molar-refractivity contribution in [3.05, 3.63) is 65.7 Å². The zero-order valence-electron chi connectivity index (χ0n) is 16.2. The van der Waals surface area contributed by atoms with Crippen molar-refractivity contribution >= 4 is 5.97 Å². The third kappa shape index (κ3) is 3.33. The second-order valence-electron chi connectivity index (χ2n) is 7.60. The molecule has 7 heteroatoms. The van der Waals surface area contributed by atoms with E-state index in [1.807, 2.05) is 55.1 Å². The van der Waals surface area contributed by atoms with Crippen LogP contribution in [0.4, 0.5) is 0 Å². The van der Waals surface area contributed by atoms with Gasteiger partial charge in [-0.05, 0) is 44.4 Å². The van der Waals surface area contributed by atoms with Gasteiger partial charge in [0.15, 0.2) is 5.54 Å². The molecule has 1 aliphatic heterocycles. The van der Waals surface area contributed by atoms with Crippen molar-refractivity contribution in [1.82, 2.24) is 24.5 Å². The van der Waals surface area contributed by atoms with Gasteiger partial charge in [0.05, 0.1) is 17.6 Å². The van der Waals surface area contributed by atoms with Crippen LogP contribution in [0.3, 0.4) is 0 Å². The van der Waals surface area contributed by atoms with E-state index >= 15 is 0 Å². The van der Waals surface area contributed by atoms with Crippen molar-refractivity contribution < 1.29 is 9.90 Å². The number of likely N-dealkylation sites (tertiary alicyclic amines) is 1. The Bertz CT molecular complexity index is 968. The predicted octanol–water partition coefficient (Wildman–Crippen LogP) is 2.76. The molecule has 0 aliphatic carbocycles. The normalized spacial score (nSPS) is 16.9. The minimum Gasteiger partial charge on any atom is -0.479 e. The summed E-state index contributed by atoms with van der Waals surface area (Å²) in [5.41, 5.74) is 3.23. The number of aryl methyl sites for hydroxylation is 2. The third-order valence-corrected chi connectivity index (χ3v) is 5.65. The summed E-state index contributed by atoms with van der Waals surface area (Å²) in [6.45, 7) is 6.14. The van der Waals surface area contributed by atoms with Crippen LogP contribution < -0.4 is 0 Å². The van der Waals surface area contributed by atoms with Crippen molar-refractivity contribution in [2.24, 2.45) is 0 Å². The first kappa shape index (κ1) is 18.4. The van der Waals surface area contributed by atoms with Crippen LogP contribution in [-0.4, -0.2) is 48.6 Å². The van der Waals surface area contributed by atoms with Gasteiger partial charge in [-0.25, -0.2) is 9.48 Å². The molecule has 0 radical (unpaired) electrons. The molecule has 0 spiro atoms. The number of carbonyl (C=O) groups is 1. The largest absolute Gasteiger partial charge is 0.479 e. The molecule has 1 N–H and O–H groups in total. The number of benzene rings is 1. The molecule has 1 fully saturated rings. The van der Waals surface area contributed by atoms with Crippen LogP contribution in [0.15, 0.2) is 48.9 Å². The average Bonchev–Trinajstić information content (AvgIpc) is 3.29. The molecule has 0 unspecified atom stereocenters. The molecule has 1 saturated heterocycles. The summed E-state index contributed by atoms with van der Waals surface area (Å²) >= 11 is 0. The standard InChI is InChI=1S/C21H25N5O2/c1-16-12-22-26(13-16)21(20(27)28)8-10-24(11-9-21)14-18-15-25(23-17(18)2)19-6-4-3-5-7-19/h3-7,12-13,15H,8-11,14H2,1-2H3,(H,27,28). The highest BCUT2D eigenvalue weighted by Crippen LogP contribution is 2.31. The molecule has 1 aliphatic rings. The molecular weight excluding hydrogens is 354 g/mol. The van der Waals surface area contributed by atoms with Gasteiger partial charge in [0.25, 0.3) is 0 Å². The maximum Gasteiger partial charge on any atom is 0.331 e. The minimum absolute atomic E-state index is 0.537. The van der Waals surface area contributed by atoms with Crippen LogP contribution >= 0.6 is 0 Å². The first-order valence-electron chi connectivity index (χ1n) is 9.56. The number of para-hydroxylation sites is 1. The number of carboxylic acid groups (broad SMARTS) is 1. The molecule has 2 aromatic heterocycles. The smallest absolute Gasteiger partial charge is 0.331 e. The molecule has 3 aromatic rings. The molecule has 28 heavy (non-hydrogen) atoms. The van der Waals surface area contributed by atoms with Crippen molar-refractivity contribution in [3.8, 4) is 5.69 Å². The molecule has 146 valence electrons. The fraction of sp³-hybridized carbons (Fsp3) is 0.381. The van der Waals surface area contributed by atoms with Gasteiger partial charge in [0.2, 0.25) is 0 Å². The average molecular weight is 379 g/mol. The molecule has 0 atom stereocenters. The SMILES string of the molecule is Cc1cnn(C2(C(=O)O)CCN(Cc3cn(-c4ccccc4)nc3C)CC2)c1. The van der Waals surface area contributed by atoms with Crippen molar-refractivity contribution in [3.63, 3.8) is 0 Å². The van der Waals surface area contributed by atoms with E-state index in [1.165, 1.54) is 5.56 Å². The van der Waals surface area contributed by atoms with E-state index in [0.717, 1.165) is 23.5 Å². The fourth-order valence-electron chi connectivity index (χ4n) is 3.87. The summed E-state index contributed by atoms with van der Waals surface area (Å²) < 4.78 is 3.55. The molecule has 0 bridgehead atoms. The molecular formula is C21H25N5O2. The second-order valence-corrected chi connectivity index (χ2v) is 7.60. The van der Waals surface area contributed by atoms with E-state index in [-0.39, 0.29) is 0 Å². The summed E-state index contributed by atoms with van der Waals surface area (Å²) in [6, 6.07) is 10.1. The maximum absolute atomic E-state index is 12.1. The van der Waals surface area contributed by atoms with Crippen LogP contribution in [0, 0.1) is 13.8 Å². The van der Waals surface area contributed by atoms with E-state index in [0.29, 0.717) is 25.9 Å². The minimum atomic E-state index is -0.950. The zero-order valence-corrected chi connectivity index (χ0v) is 16.2. The van der Waals surface area contributed by atoms with Crippen LogP contribution in [0.1, 0.15) is 29.7 Å². The molecule has 3 heterocycles. The summed E-state index contributed by atoms with van der Waals surface area (Å²) in [5.74, 6) is -0.802. The first-order chi connectivity index (χ1) is 13.5. The molecule has 4 rings (SSSR count). The number of piperidine rings is 1. The summed E-state index contributed by atoms with van der Waals surface area (Å²) in [6.07, 6.45) is 6.70. The Kier molecular flexibility index (Phi) is 4.77. The summed E-state index contributed by atoms with van der Waals surface area (Å²) in [4.78, 5) is 14.4. The van der Waals surface area contributed by atoms with Gasteiger partial charge in [-0.2, -0.15) is 10.2 Å². The summed E-state index contributed by atoms with van der Waals surface area (Å²) in [7, 11) is 0. The molecule has 1 aromatic carbocycles. The Hall–Kier alpha value is -2.93. The first-order valence-corrected chi connectivity index (χ1v) is 9.56. The lowest BCUT2D eigenvalue weighted by Gasteiger charge is -2.38. The van der Waals surface area contributed by atoms with E-state index in [4.69, 9.17) is 0 Å². The fourth-order valence-corrected chi connectivity index (χ4v) is 3.87.